The van der Waals surface area contributed by atoms with Gasteiger partial charge in [0.05, 0.1) is 17.8 Å². The molecule has 0 unspecified atom stereocenters. The number of aromatic hydroxyl groups is 1. The molecular formula is C25H31NO5. The van der Waals surface area contributed by atoms with Crippen LogP contribution < -0.4 is 10.3 Å². The summed E-state index contributed by atoms with van der Waals surface area (Å²) in [5.41, 5.74) is 2.81. The Hall–Kier alpha value is -2.83. The molecule has 0 aliphatic carbocycles. The van der Waals surface area contributed by atoms with Gasteiger partial charge >= 0.3 is 0 Å². The normalized spacial score (nSPS) is 23.3. The first-order valence-corrected chi connectivity index (χ1v) is 10.5. The molecule has 2 aromatic rings. The van der Waals surface area contributed by atoms with Crippen LogP contribution in [0.4, 0.5) is 0 Å². The molecule has 0 saturated heterocycles. The molecule has 0 saturated carbocycles. The van der Waals surface area contributed by atoms with Gasteiger partial charge in [-0.05, 0) is 37.6 Å². The topological polar surface area (TPSA) is 91.8 Å². The Balaban J connectivity index is 2.01. The van der Waals surface area contributed by atoms with Gasteiger partial charge in [-0.15, -0.1) is 0 Å². The third-order valence-corrected chi connectivity index (χ3v) is 5.88. The number of methoxy groups -OCH3 is 1. The summed E-state index contributed by atoms with van der Waals surface area (Å²) in [6, 6.07) is 6.76. The number of aromatic amines is 1. The standard InChI is InChI=1S/C25H31NO5/c1-14(12-15(2)17(4)27)6-11-21-16(3)23(30-5)22-24(31-21)20(13-26-25(22)29)18-7-9-19(28)10-8-18/h6-13,15-17,21,23,27-28H,1-5H3,(H,26,29)/b11-6+,14-12+/t15-,16-,17+,21+,23-/m0/s1. The van der Waals surface area contributed by atoms with Crippen LogP contribution in [0, 0.1) is 11.8 Å². The first-order valence-electron chi connectivity index (χ1n) is 10.5. The lowest BCUT2D eigenvalue weighted by Gasteiger charge is -2.36. The summed E-state index contributed by atoms with van der Waals surface area (Å²) in [5, 5.41) is 19.4. The highest BCUT2D eigenvalue weighted by molar-refractivity contribution is 5.72. The van der Waals surface area contributed by atoms with Gasteiger partial charge in [0.2, 0.25) is 0 Å². The summed E-state index contributed by atoms with van der Waals surface area (Å²) >= 11 is 0. The molecule has 5 atom stereocenters. The lowest BCUT2D eigenvalue weighted by Crippen LogP contribution is -2.37. The van der Waals surface area contributed by atoms with E-state index < -0.39 is 12.2 Å². The van der Waals surface area contributed by atoms with E-state index in [2.05, 4.69) is 4.98 Å². The molecule has 0 spiro atoms. The third kappa shape index (κ3) is 4.92. The highest BCUT2D eigenvalue weighted by atomic mass is 16.5. The highest BCUT2D eigenvalue weighted by Gasteiger charge is 2.38. The fourth-order valence-corrected chi connectivity index (χ4v) is 3.85. The maximum atomic E-state index is 12.7. The first-order chi connectivity index (χ1) is 14.7. The van der Waals surface area contributed by atoms with Crippen molar-refractivity contribution in [2.75, 3.05) is 7.11 Å². The van der Waals surface area contributed by atoms with Crippen molar-refractivity contribution in [3.63, 3.8) is 0 Å². The van der Waals surface area contributed by atoms with Gasteiger partial charge in [-0.1, -0.05) is 43.7 Å². The smallest absolute Gasteiger partial charge is 0.257 e. The van der Waals surface area contributed by atoms with E-state index in [-0.39, 0.29) is 29.2 Å². The summed E-state index contributed by atoms with van der Waals surface area (Å²) in [5.74, 6) is 0.613. The largest absolute Gasteiger partial charge is 0.508 e. The monoisotopic (exact) mass is 425 g/mol. The van der Waals surface area contributed by atoms with Crippen molar-refractivity contribution in [1.29, 1.82) is 0 Å². The molecule has 1 aromatic heterocycles. The molecule has 2 heterocycles. The van der Waals surface area contributed by atoms with Crippen LogP contribution in [0.2, 0.25) is 0 Å². The number of nitrogens with one attached hydrogen (secondary N) is 1. The van der Waals surface area contributed by atoms with Crippen LogP contribution >= 0.6 is 0 Å². The van der Waals surface area contributed by atoms with Gasteiger partial charge < -0.3 is 24.7 Å². The van der Waals surface area contributed by atoms with Crippen molar-refractivity contribution < 1.29 is 19.7 Å². The molecule has 1 aromatic carbocycles. The fourth-order valence-electron chi connectivity index (χ4n) is 3.85. The Morgan fingerprint density at radius 2 is 1.94 bits per heavy atom. The van der Waals surface area contributed by atoms with Crippen molar-refractivity contribution in [2.45, 2.75) is 46.0 Å². The maximum Gasteiger partial charge on any atom is 0.257 e. The summed E-state index contributed by atoms with van der Waals surface area (Å²) in [7, 11) is 1.60. The van der Waals surface area contributed by atoms with E-state index in [0.717, 1.165) is 16.7 Å². The van der Waals surface area contributed by atoms with E-state index in [4.69, 9.17) is 9.47 Å². The first kappa shape index (κ1) is 22.8. The van der Waals surface area contributed by atoms with Gasteiger partial charge in [-0.25, -0.2) is 0 Å². The molecule has 3 rings (SSSR count). The van der Waals surface area contributed by atoms with Gasteiger partial charge in [0.15, 0.2) is 0 Å². The molecule has 0 amide bonds. The van der Waals surface area contributed by atoms with Crippen molar-refractivity contribution in [3.05, 3.63) is 70.2 Å². The second-order valence-electron chi connectivity index (χ2n) is 8.29. The van der Waals surface area contributed by atoms with E-state index in [1.54, 1.807) is 44.5 Å². The van der Waals surface area contributed by atoms with Crippen molar-refractivity contribution >= 4 is 0 Å². The Morgan fingerprint density at radius 3 is 2.55 bits per heavy atom. The number of phenols is 1. The van der Waals surface area contributed by atoms with Crippen molar-refractivity contribution in [3.8, 4) is 22.6 Å². The molecular weight excluding hydrogens is 394 g/mol. The van der Waals surface area contributed by atoms with E-state index in [0.29, 0.717) is 11.3 Å². The summed E-state index contributed by atoms with van der Waals surface area (Å²) in [6.07, 6.45) is 6.45. The van der Waals surface area contributed by atoms with E-state index in [1.165, 1.54) is 0 Å². The Labute approximate surface area is 182 Å². The van der Waals surface area contributed by atoms with Crippen LogP contribution in [0.1, 0.15) is 39.4 Å². The van der Waals surface area contributed by atoms with Crippen molar-refractivity contribution in [1.82, 2.24) is 4.98 Å². The maximum absolute atomic E-state index is 12.7. The average molecular weight is 426 g/mol. The zero-order valence-corrected chi connectivity index (χ0v) is 18.6. The molecule has 1 aliphatic heterocycles. The third-order valence-electron chi connectivity index (χ3n) is 5.88. The number of hydrogen-bond acceptors (Lipinski definition) is 5. The Kier molecular flexibility index (Phi) is 7.03. The number of fused-ring (bicyclic) bond motifs is 1. The lowest BCUT2D eigenvalue weighted by molar-refractivity contribution is -0.00410. The second-order valence-corrected chi connectivity index (χ2v) is 8.29. The molecule has 0 fully saturated rings. The molecule has 0 bridgehead atoms. The van der Waals surface area contributed by atoms with Crippen LogP contribution in [0.3, 0.4) is 0 Å². The van der Waals surface area contributed by atoms with Crippen LogP contribution in [-0.2, 0) is 4.74 Å². The minimum Gasteiger partial charge on any atom is -0.508 e. The number of phenolic OH excluding ortho intramolecular Hbond substituents is 1. The van der Waals surface area contributed by atoms with Crippen LogP contribution in [0.25, 0.3) is 11.1 Å². The minimum absolute atomic E-state index is 0.0430. The number of benzene rings is 1. The van der Waals surface area contributed by atoms with E-state index in [9.17, 15) is 15.0 Å². The SMILES string of the molecule is CO[C@@H]1c2c(c(-c3ccc(O)cc3)c[nH]c2=O)O[C@H](/C=C/C(C)=C/[C@H](C)[C@@H](C)O)[C@@H]1C. The number of H-pyrrole nitrogens is 1. The van der Waals surface area contributed by atoms with Crippen LogP contribution in [0.5, 0.6) is 11.5 Å². The molecule has 3 N–H and O–H groups in total. The second kappa shape index (κ2) is 9.54. The van der Waals surface area contributed by atoms with E-state index >= 15 is 0 Å². The van der Waals surface area contributed by atoms with Gasteiger partial charge in [-0.2, -0.15) is 0 Å². The number of ether oxygens (including phenoxy) is 2. The number of pyridine rings is 1. The van der Waals surface area contributed by atoms with Gasteiger partial charge in [-0.3, -0.25) is 4.79 Å². The molecule has 31 heavy (non-hydrogen) atoms. The Bertz CT molecular complexity index is 1020. The molecule has 6 nitrogen and oxygen atoms in total. The van der Waals surface area contributed by atoms with Gasteiger partial charge in [0.25, 0.3) is 5.56 Å². The molecule has 0 radical (unpaired) electrons. The zero-order chi connectivity index (χ0) is 22.7. The van der Waals surface area contributed by atoms with E-state index in [1.807, 2.05) is 39.0 Å². The number of aliphatic hydroxyl groups excluding tert-OH is 1. The van der Waals surface area contributed by atoms with Gasteiger partial charge in [0, 0.05) is 30.7 Å². The van der Waals surface area contributed by atoms with Gasteiger partial charge in [0.1, 0.15) is 17.6 Å². The number of aliphatic hydroxyl groups is 1. The number of hydrogen-bond donors (Lipinski definition) is 3. The number of allylic oxidation sites excluding steroid dienone is 2. The molecule has 166 valence electrons. The zero-order valence-electron chi connectivity index (χ0n) is 18.6. The number of rotatable bonds is 6. The highest BCUT2D eigenvalue weighted by Crippen LogP contribution is 2.44. The quantitative estimate of drug-likeness (QED) is 0.599. The predicted molar refractivity (Wildman–Crippen MR) is 121 cm³/mol. The summed E-state index contributed by atoms with van der Waals surface area (Å²) in [6.45, 7) is 7.72. The summed E-state index contributed by atoms with van der Waals surface area (Å²) in [4.78, 5) is 15.5. The Morgan fingerprint density at radius 1 is 1.26 bits per heavy atom. The lowest BCUT2D eigenvalue weighted by atomic mass is 9.87. The minimum atomic E-state index is -0.431. The summed E-state index contributed by atoms with van der Waals surface area (Å²) < 4.78 is 12.1. The predicted octanol–water partition coefficient (Wildman–Crippen LogP) is 4.35. The molecule has 1 aliphatic rings. The average Bonchev–Trinajstić information content (AvgIpc) is 2.73. The van der Waals surface area contributed by atoms with Crippen LogP contribution in [0.15, 0.2) is 59.1 Å². The van der Waals surface area contributed by atoms with Crippen molar-refractivity contribution in [2.24, 2.45) is 11.8 Å². The van der Waals surface area contributed by atoms with Crippen LogP contribution in [-0.4, -0.2) is 34.5 Å². The fraction of sp³-hybridized carbons (Fsp3) is 0.400. The molecule has 6 heteroatoms. The number of aromatic nitrogens is 1.